The molecule has 2 rings (SSSR count). The number of ether oxygens (including phenoxy) is 1. The molecule has 1 saturated heterocycles. The maximum Gasteiger partial charge on any atom is 0.0720 e. The predicted octanol–water partition coefficient (Wildman–Crippen LogP) is 3.47. The van der Waals surface area contributed by atoms with E-state index in [1.165, 1.54) is 50.9 Å². The van der Waals surface area contributed by atoms with Crippen LogP contribution in [0.3, 0.4) is 0 Å². The normalized spacial score (nSPS) is 18.1. The molecule has 100 valence electrons. The van der Waals surface area contributed by atoms with Gasteiger partial charge in [-0.15, -0.1) is 0 Å². The molecule has 0 saturated carbocycles. The van der Waals surface area contributed by atoms with E-state index < -0.39 is 0 Å². The topological polar surface area (TPSA) is 12.5 Å². The van der Waals surface area contributed by atoms with Crippen LogP contribution in [0.2, 0.25) is 0 Å². The van der Waals surface area contributed by atoms with Crippen molar-refractivity contribution in [2.24, 2.45) is 0 Å². The van der Waals surface area contributed by atoms with Crippen LogP contribution in [-0.2, 0) is 11.3 Å². The van der Waals surface area contributed by atoms with Crippen molar-refractivity contribution >= 4 is 0 Å². The van der Waals surface area contributed by atoms with Gasteiger partial charge in [-0.3, -0.25) is 0 Å². The molecule has 0 spiro atoms. The number of benzene rings is 1. The highest BCUT2D eigenvalue weighted by atomic mass is 16.5. The standard InChI is InChI=1S/C16H25NO/c1-2-3-11-17-12-9-16(10-13-17)18-14-15-7-5-4-6-8-15/h4-8,16H,2-3,9-14H2,1H3. The maximum atomic E-state index is 6.00. The minimum absolute atomic E-state index is 0.461. The van der Waals surface area contributed by atoms with Crippen LogP contribution in [0.1, 0.15) is 38.2 Å². The lowest BCUT2D eigenvalue weighted by atomic mass is 10.1. The summed E-state index contributed by atoms with van der Waals surface area (Å²) in [6, 6.07) is 10.5. The zero-order chi connectivity index (χ0) is 12.6. The van der Waals surface area contributed by atoms with Crippen LogP contribution in [0.25, 0.3) is 0 Å². The molecule has 1 fully saturated rings. The van der Waals surface area contributed by atoms with Crippen LogP contribution in [0.5, 0.6) is 0 Å². The van der Waals surface area contributed by atoms with Crippen molar-refractivity contribution in [3.8, 4) is 0 Å². The number of rotatable bonds is 6. The predicted molar refractivity (Wildman–Crippen MR) is 75.6 cm³/mol. The molecule has 0 bridgehead atoms. The quantitative estimate of drug-likeness (QED) is 0.763. The summed E-state index contributed by atoms with van der Waals surface area (Å²) in [5.74, 6) is 0. The van der Waals surface area contributed by atoms with E-state index in [0.717, 1.165) is 6.61 Å². The van der Waals surface area contributed by atoms with Gasteiger partial charge in [0.15, 0.2) is 0 Å². The Bertz CT molecular complexity index is 317. The van der Waals surface area contributed by atoms with Gasteiger partial charge < -0.3 is 9.64 Å². The van der Waals surface area contributed by atoms with E-state index in [1.807, 2.05) is 0 Å². The van der Waals surface area contributed by atoms with Crippen LogP contribution < -0.4 is 0 Å². The van der Waals surface area contributed by atoms with Crippen molar-refractivity contribution in [2.75, 3.05) is 19.6 Å². The van der Waals surface area contributed by atoms with E-state index >= 15 is 0 Å². The third-order valence-corrected chi connectivity index (χ3v) is 3.69. The summed E-state index contributed by atoms with van der Waals surface area (Å²) >= 11 is 0. The van der Waals surface area contributed by atoms with Gasteiger partial charge in [0.05, 0.1) is 12.7 Å². The largest absolute Gasteiger partial charge is 0.373 e. The van der Waals surface area contributed by atoms with Crippen molar-refractivity contribution in [1.29, 1.82) is 0 Å². The molecule has 0 N–H and O–H groups in total. The number of piperidine rings is 1. The van der Waals surface area contributed by atoms with Gasteiger partial charge in [0.2, 0.25) is 0 Å². The molecule has 0 aliphatic carbocycles. The van der Waals surface area contributed by atoms with Gasteiger partial charge in [-0.2, -0.15) is 0 Å². The Labute approximate surface area is 111 Å². The monoisotopic (exact) mass is 247 g/mol. The summed E-state index contributed by atoms with van der Waals surface area (Å²) in [5, 5.41) is 0. The minimum atomic E-state index is 0.461. The summed E-state index contributed by atoms with van der Waals surface area (Å²) < 4.78 is 6.00. The van der Waals surface area contributed by atoms with Crippen LogP contribution >= 0.6 is 0 Å². The second-order valence-electron chi connectivity index (χ2n) is 5.19. The summed E-state index contributed by atoms with van der Waals surface area (Å²) in [5.41, 5.74) is 1.28. The van der Waals surface area contributed by atoms with Crippen LogP contribution in [0.15, 0.2) is 30.3 Å². The summed E-state index contributed by atoms with van der Waals surface area (Å²) in [4.78, 5) is 2.58. The van der Waals surface area contributed by atoms with Gasteiger partial charge in [0, 0.05) is 13.1 Å². The molecule has 0 unspecified atom stereocenters. The van der Waals surface area contributed by atoms with Gasteiger partial charge in [-0.05, 0) is 31.4 Å². The van der Waals surface area contributed by atoms with Crippen molar-refractivity contribution < 1.29 is 4.74 Å². The Morgan fingerprint density at radius 2 is 1.89 bits per heavy atom. The van der Waals surface area contributed by atoms with E-state index in [-0.39, 0.29) is 0 Å². The summed E-state index contributed by atoms with van der Waals surface area (Å²) in [6.45, 7) is 6.71. The van der Waals surface area contributed by atoms with Crippen LogP contribution in [-0.4, -0.2) is 30.6 Å². The molecule has 1 aromatic carbocycles. The first-order valence-corrected chi connectivity index (χ1v) is 7.26. The Kier molecular flexibility index (Phi) is 5.69. The van der Waals surface area contributed by atoms with Crippen molar-refractivity contribution in [3.05, 3.63) is 35.9 Å². The van der Waals surface area contributed by atoms with E-state index in [1.54, 1.807) is 0 Å². The van der Waals surface area contributed by atoms with Crippen molar-refractivity contribution in [3.63, 3.8) is 0 Å². The first-order chi connectivity index (χ1) is 8.88. The number of hydrogen-bond acceptors (Lipinski definition) is 2. The molecule has 1 heterocycles. The number of unbranched alkanes of at least 4 members (excludes halogenated alkanes) is 1. The molecular formula is C16H25NO. The minimum Gasteiger partial charge on any atom is -0.373 e. The first kappa shape index (κ1) is 13.6. The Hall–Kier alpha value is -0.860. The molecular weight excluding hydrogens is 222 g/mol. The molecule has 18 heavy (non-hydrogen) atoms. The van der Waals surface area contributed by atoms with Gasteiger partial charge in [-0.1, -0.05) is 43.7 Å². The van der Waals surface area contributed by atoms with Gasteiger partial charge in [-0.25, -0.2) is 0 Å². The van der Waals surface area contributed by atoms with E-state index in [0.29, 0.717) is 6.10 Å². The zero-order valence-electron chi connectivity index (χ0n) is 11.5. The number of hydrogen-bond donors (Lipinski definition) is 0. The second kappa shape index (κ2) is 7.55. The Balaban J connectivity index is 1.65. The molecule has 2 nitrogen and oxygen atoms in total. The lowest BCUT2D eigenvalue weighted by Crippen LogP contribution is -2.37. The smallest absolute Gasteiger partial charge is 0.0720 e. The van der Waals surface area contributed by atoms with Gasteiger partial charge in [0.25, 0.3) is 0 Å². The average molecular weight is 247 g/mol. The summed E-state index contributed by atoms with van der Waals surface area (Å²) in [7, 11) is 0. The average Bonchev–Trinajstić information content (AvgIpc) is 2.45. The van der Waals surface area contributed by atoms with E-state index in [2.05, 4.69) is 42.2 Å². The Morgan fingerprint density at radius 1 is 1.17 bits per heavy atom. The highest BCUT2D eigenvalue weighted by Crippen LogP contribution is 2.16. The molecule has 1 aliphatic heterocycles. The maximum absolute atomic E-state index is 6.00. The van der Waals surface area contributed by atoms with Crippen molar-refractivity contribution in [1.82, 2.24) is 4.90 Å². The molecule has 2 heteroatoms. The third-order valence-electron chi connectivity index (χ3n) is 3.69. The van der Waals surface area contributed by atoms with E-state index in [9.17, 15) is 0 Å². The molecule has 0 radical (unpaired) electrons. The molecule has 0 aromatic heterocycles. The Morgan fingerprint density at radius 3 is 2.56 bits per heavy atom. The molecule has 0 atom stereocenters. The number of nitrogens with zero attached hydrogens (tertiary/aromatic N) is 1. The fourth-order valence-corrected chi connectivity index (χ4v) is 2.47. The van der Waals surface area contributed by atoms with Gasteiger partial charge >= 0.3 is 0 Å². The highest BCUT2D eigenvalue weighted by Gasteiger charge is 2.18. The highest BCUT2D eigenvalue weighted by molar-refractivity contribution is 5.13. The fraction of sp³-hybridized carbons (Fsp3) is 0.625. The van der Waals surface area contributed by atoms with Gasteiger partial charge in [0.1, 0.15) is 0 Å². The van der Waals surface area contributed by atoms with Crippen molar-refractivity contribution in [2.45, 2.75) is 45.3 Å². The molecule has 0 amide bonds. The first-order valence-electron chi connectivity index (χ1n) is 7.26. The number of likely N-dealkylation sites (tertiary alicyclic amines) is 1. The second-order valence-corrected chi connectivity index (χ2v) is 5.19. The van der Waals surface area contributed by atoms with Crippen LogP contribution in [0, 0.1) is 0 Å². The van der Waals surface area contributed by atoms with Crippen LogP contribution in [0.4, 0.5) is 0 Å². The lowest BCUT2D eigenvalue weighted by molar-refractivity contribution is -0.00257. The molecule has 1 aliphatic rings. The summed E-state index contributed by atoms with van der Waals surface area (Å²) in [6.07, 6.45) is 5.47. The fourth-order valence-electron chi connectivity index (χ4n) is 2.47. The molecule has 1 aromatic rings. The van der Waals surface area contributed by atoms with E-state index in [4.69, 9.17) is 4.74 Å². The SMILES string of the molecule is CCCCN1CCC(OCc2ccccc2)CC1. The third kappa shape index (κ3) is 4.43. The lowest BCUT2D eigenvalue weighted by Gasteiger charge is -2.31. The zero-order valence-corrected chi connectivity index (χ0v) is 11.5.